The zero-order chi connectivity index (χ0) is 21.3. The molecule has 3 rings (SSSR count). The molecule has 0 saturated carbocycles. The lowest BCUT2D eigenvalue weighted by Crippen LogP contribution is -2.48. The third-order valence-electron chi connectivity index (χ3n) is 4.71. The molecule has 0 fully saturated rings. The number of hydrogen-bond acceptors (Lipinski definition) is 4. The second-order valence-electron chi connectivity index (χ2n) is 7.05. The summed E-state index contributed by atoms with van der Waals surface area (Å²) in [6.45, 7) is 4.64. The van der Waals surface area contributed by atoms with E-state index in [9.17, 15) is 9.59 Å². The summed E-state index contributed by atoms with van der Waals surface area (Å²) in [5.41, 5.74) is 3.05. The van der Waals surface area contributed by atoms with Crippen LogP contribution in [-0.4, -0.2) is 31.0 Å². The number of aryl methyl sites for hydroxylation is 2. The van der Waals surface area contributed by atoms with E-state index in [0.717, 1.165) is 22.4 Å². The zero-order valence-electron chi connectivity index (χ0n) is 17.2. The van der Waals surface area contributed by atoms with E-state index in [1.807, 2.05) is 62.4 Å². The maximum Gasteiger partial charge on any atom is 0.287 e. The smallest absolute Gasteiger partial charge is 0.287 e. The molecule has 156 valence electrons. The van der Waals surface area contributed by atoms with Gasteiger partial charge in [-0.2, -0.15) is 0 Å². The molecule has 30 heavy (non-hydrogen) atoms. The highest BCUT2D eigenvalue weighted by molar-refractivity contribution is 5.95. The van der Waals surface area contributed by atoms with Crippen molar-refractivity contribution in [3.8, 4) is 5.75 Å². The molecule has 1 heterocycles. The largest absolute Gasteiger partial charge is 0.491 e. The van der Waals surface area contributed by atoms with Crippen LogP contribution in [0.1, 0.15) is 27.2 Å². The summed E-state index contributed by atoms with van der Waals surface area (Å²) in [4.78, 5) is 25.2. The van der Waals surface area contributed by atoms with Crippen LogP contribution >= 0.6 is 0 Å². The number of amides is 2. The molecule has 1 unspecified atom stereocenters. The molecule has 2 amide bonds. The fourth-order valence-corrected chi connectivity index (χ4v) is 3.17. The van der Waals surface area contributed by atoms with E-state index in [4.69, 9.17) is 9.15 Å². The van der Waals surface area contributed by atoms with E-state index in [0.29, 0.717) is 19.6 Å². The van der Waals surface area contributed by atoms with Crippen molar-refractivity contribution >= 4 is 11.8 Å². The van der Waals surface area contributed by atoms with Crippen molar-refractivity contribution in [2.45, 2.75) is 26.3 Å². The summed E-state index contributed by atoms with van der Waals surface area (Å²) in [5.74, 6) is 0.296. The number of carbonyl (C=O) groups is 2. The van der Waals surface area contributed by atoms with Crippen LogP contribution in [0.15, 0.2) is 71.3 Å². The lowest BCUT2D eigenvalue weighted by molar-refractivity contribution is -0.123. The van der Waals surface area contributed by atoms with Crippen molar-refractivity contribution in [3.63, 3.8) is 0 Å². The van der Waals surface area contributed by atoms with Gasteiger partial charge in [-0.25, -0.2) is 0 Å². The molecule has 0 aliphatic rings. The predicted octanol–water partition coefficient (Wildman–Crippen LogP) is 3.43. The van der Waals surface area contributed by atoms with Gasteiger partial charge < -0.3 is 19.8 Å². The number of rotatable bonds is 9. The molecule has 0 aliphatic carbocycles. The Bertz CT molecular complexity index is 948. The topological polar surface area (TPSA) is 80.6 Å². The first-order valence-corrected chi connectivity index (χ1v) is 9.89. The van der Waals surface area contributed by atoms with Gasteiger partial charge in [0.05, 0.1) is 12.8 Å². The van der Waals surface area contributed by atoms with Gasteiger partial charge >= 0.3 is 0 Å². The Morgan fingerprint density at radius 2 is 1.70 bits per heavy atom. The second kappa shape index (κ2) is 10.3. The van der Waals surface area contributed by atoms with Crippen LogP contribution in [0.4, 0.5) is 0 Å². The summed E-state index contributed by atoms with van der Waals surface area (Å²) in [6.07, 6.45) is 1.79. The third-order valence-corrected chi connectivity index (χ3v) is 4.71. The molecule has 0 aliphatic heterocycles. The third kappa shape index (κ3) is 5.73. The Hall–Kier alpha value is -3.54. The van der Waals surface area contributed by atoms with Crippen LogP contribution in [0.2, 0.25) is 0 Å². The van der Waals surface area contributed by atoms with Crippen molar-refractivity contribution in [2.24, 2.45) is 0 Å². The number of carbonyl (C=O) groups excluding carboxylic acids is 2. The van der Waals surface area contributed by atoms with Crippen molar-refractivity contribution in [1.29, 1.82) is 0 Å². The van der Waals surface area contributed by atoms with Crippen LogP contribution in [0.5, 0.6) is 5.75 Å². The van der Waals surface area contributed by atoms with E-state index in [1.165, 1.54) is 6.26 Å². The fraction of sp³-hybridized carbons (Fsp3) is 0.250. The van der Waals surface area contributed by atoms with E-state index in [2.05, 4.69) is 10.6 Å². The molecule has 0 saturated heterocycles. The van der Waals surface area contributed by atoms with Crippen LogP contribution in [0, 0.1) is 13.8 Å². The first-order chi connectivity index (χ1) is 14.5. The number of nitrogens with one attached hydrogen (secondary N) is 2. The first-order valence-electron chi connectivity index (χ1n) is 9.89. The Labute approximate surface area is 176 Å². The molecule has 6 heteroatoms. The molecule has 3 aromatic rings. The van der Waals surface area contributed by atoms with Crippen LogP contribution in [-0.2, 0) is 11.2 Å². The Morgan fingerprint density at radius 3 is 2.37 bits per heavy atom. The van der Waals surface area contributed by atoms with Gasteiger partial charge in [-0.3, -0.25) is 9.59 Å². The molecule has 0 radical (unpaired) electrons. The first kappa shape index (κ1) is 21.2. The van der Waals surface area contributed by atoms with Gasteiger partial charge in [0, 0.05) is 6.42 Å². The van der Waals surface area contributed by atoms with Crippen LogP contribution in [0.25, 0.3) is 0 Å². The highest BCUT2D eigenvalue weighted by Gasteiger charge is 2.22. The average molecular weight is 406 g/mol. The predicted molar refractivity (Wildman–Crippen MR) is 115 cm³/mol. The maximum absolute atomic E-state index is 12.8. The quantitative estimate of drug-likeness (QED) is 0.534. The minimum Gasteiger partial charge on any atom is -0.491 e. The Kier molecular flexibility index (Phi) is 7.27. The number of hydrogen-bond donors (Lipinski definition) is 2. The zero-order valence-corrected chi connectivity index (χ0v) is 17.2. The van der Waals surface area contributed by atoms with Gasteiger partial charge in [0.25, 0.3) is 5.91 Å². The molecule has 1 atom stereocenters. The SMILES string of the molecule is Cc1cccc(C)c1OCCNC(=O)C(Cc1ccccc1)NC(=O)c1ccco1. The van der Waals surface area contributed by atoms with Crippen molar-refractivity contribution < 1.29 is 18.7 Å². The maximum atomic E-state index is 12.8. The standard InChI is InChI=1S/C24H26N2O4/c1-17-8-6-9-18(2)22(17)30-15-13-25-23(27)20(16-19-10-4-3-5-11-19)26-24(28)21-12-7-14-29-21/h3-12,14,20H,13,15-16H2,1-2H3,(H,25,27)(H,26,28). The van der Waals surface area contributed by atoms with Crippen molar-refractivity contribution in [2.75, 3.05) is 13.2 Å². The monoisotopic (exact) mass is 406 g/mol. The highest BCUT2D eigenvalue weighted by Crippen LogP contribution is 2.21. The molecule has 1 aromatic heterocycles. The summed E-state index contributed by atoms with van der Waals surface area (Å²) < 4.78 is 11.0. The molecular weight excluding hydrogens is 380 g/mol. The van der Waals surface area contributed by atoms with Gasteiger partial charge in [-0.05, 0) is 42.7 Å². The van der Waals surface area contributed by atoms with Crippen LogP contribution < -0.4 is 15.4 Å². The molecule has 0 spiro atoms. The molecule has 6 nitrogen and oxygen atoms in total. The molecular formula is C24H26N2O4. The number of benzene rings is 2. The van der Waals surface area contributed by atoms with Gasteiger partial charge in [-0.15, -0.1) is 0 Å². The van der Waals surface area contributed by atoms with E-state index in [-0.39, 0.29) is 11.7 Å². The number of furan rings is 1. The van der Waals surface area contributed by atoms with Crippen molar-refractivity contribution in [1.82, 2.24) is 10.6 Å². The lowest BCUT2D eigenvalue weighted by Gasteiger charge is -2.19. The minimum atomic E-state index is -0.731. The van der Waals surface area contributed by atoms with Gasteiger partial charge in [-0.1, -0.05) is 48.5 Å². The molecule has 0 bridgehead atoms. The Balaban J connectivity index is 1.59. The second-order valence-corrected chi connectivity index (χ2v) is 7.05. The van der Waals surface area contributed by atoms with E-state index < -0.39 is 11.9 Å². The highest BCUT2D eigenvalue weighted by atomic mass is 16.5. The summed E-state index contributed by atoms with van der Waals surface area (Å²) >= 11 is 0. The van der Waals surface area contributed by atoms with Gasteiger partial charge in [0.2, 0.25) is 5.91 Å². The average Bonchev–Trinajstić information content (AvgIpc) is 3.28. The van der Waals surface area contributed by atoms with Crippen molar-refractivity contribution in [3.05, 3.63) is 89.4 Å². The normalized spacial score (nSPS) is 11.5. The lowest BCUT2D eigenvalue weighted by atomic mass is 10.1. The molecule has 2 N–H and O–H groups in total. The number of para-hydroxylation sites is 1. The minimum absolute atomic E-state index is 0.166. The summed E-state index contributed by atoms with van der Waals surface area (Å²) in [5, 5.41) is 5.61. The van der Waals surface area contributed by atoms with E-state index in [1.54, 1.807) is 12.1 Å². The summed E-state index contributed by atoms with van der Waals surface area (Å²) in [7, 11) is 0. The number of ether oxygens (including phenoxy) is 1. The fourth-order valence-electron chi connectivity index (χ4n) is 3.17. The Morgan fingerprint density at radius 1 is 0.967 bits per heavy atom. The van der Waals surface area contributed by atoms with Gasteiger partial charge in [0.15, 0.2) is 5.76 Å². The molecule has 2 aromatic carbocycles. The summed E-state index contributed by atoms with van der Waals surface area (Å²) in [6, 6.07) is 18.0. The van der Waals surface area contributed by atoms with Crippen LogP contribution in [0.3, 0.4) is 0 Å². The van der Waals surface area contributed by atoms with Gasteiger partial charge in [0.1, 0.15) is 18.4 Å². The van der Waals surface area contributed by atoms with E-state index >= 15 is 0 Å².